The first-order valence-corrected chi connectivity index (χ1v) is 16.2. The van der Waals surface area contributed by atoms with Crippen molar-refractivity contribution >= 4 is 29.2 Å². The number of carbonyl (C=O) groups is 3. The van der Waals surface area contributed by atoms with Crippen molar-refractivity contribution in [2.45, 2.75) is 114 Å². The Morgan fingerprint density at radius 1 is 1.22 bits per heavy atom. The number of hydrogen-bond acceptors (Lipinski definition) is 8. The summed E-state index contributed by atoms with van der Waals surface area (Å²) in [5.41, 5.74) is 1.53. The number of carbonyl (C=O) groups excluding carboxylic acids is 3. The summed E-state index contributed by atoms with van der Waals surface area (Å²) in [5, 5.41) is 14.7. The second-order valence-electron chi connectivity index (χ2n) is 14.0. The predicted octanol–water partition coefficient (Wildman–Crippen LogP) is 3.16. The maximum absolute atomic E-state index is 17.5. The quantitative estimate of drug-likeness (QED) is 0.413. The lowest BCUT2D eigenvalue weighted by Gasteiger charge is -2.62. The lowest BCUT2D eigenvalue weighted by Crippen LogP contribution is -2.69. The van der Waals surface area contributed by atoms with Crippen LogP contribution in [0.15, 0.2) is 23.8 Å². The molecule has 0 radical (unpaired) electrons. The van der Waals surface area contributed by atoms with E-state index in [-0.39, 0.29) is 47.4 Å². The lowest BCUT2D eigenvalue weighted by atomic mass is 9.44. The summed E-state index contributed by atoms with van der Waals surface area (Å²) in [7, 11) is 0. The van der Waals surface area contributed by atoms with E-state index in [0.29, 0.717) is 19.3 Å². The van der Waals surface area contributed by atoms with Crippen LogP contribution in [-0.2, 0) is 23.9 Å². The van der Waals surface area contributed by atoms with Gasteiger partial charge in [0, 0.05) is 28.5 Å². The number of nitrogens with two attached hydrogens (primary N) is 1. The van der Waals surface area contributed by atoms with Crippen molar-refractivity contribution in [3.05, 3.63) is 23.8 Å². The van der Waals surface area contributed by atoms with Crippen molar-refractivity contribution in [3.63, 3.8) is 0 Å². The van der Waals surface area contributed by atoms with Crippen LogP contribution in [0, 0.1) is 22.7 Å². The van der Waals surface area contributed by atoms with Crippen molar-refractivity contribution in [3.8, 4) is 0 Å². The first-order chi connectivity index (χ1) is 19.2. The number of fused-ring (bicyclic) bond motifs is 7. The van der Waals surface area contributed by atoms with Gasteiger partial charge in [-0.3, -0.25) is 14.4 Å². The zero-order valence-electron chi connectivity index (χ0n) is 24.4. The van der Waals surface area contributed by atoms with Crippen LogP contribution in [-0.4, -0.2) is 75.4 Å². The number of aliphatic hydroxyl groups excluding tert-OH is 1. The van der Waals surface area contributed by atoms with Gasteiger partial charge in [-0.25, -0.2) is 4.39 Å². The fraction of sp³-hybridized carbons (Fsp3) is 0.774. The average Bonchev–Trinajstić information content (AvgIpc) is 3.28. The summed E-state index contributed by atoms with van der Waals surface area (Å²) in [6.45, 7) is 7.31. The van der Waals surface area contributed by atoms with Crippen LogP contribution in [0.5, 0.6) is 0 Å². The number of rotatable bonds is 7. The van der Waals surface area contributed by atoms with Gasteiger partial charge < -0.3 is 25.6 Å². The van der Waals surface area contributed by atoms with E-state index in [1.54, 1.807) is 26.8 Å². The summed E-state index contributed by atoms with van der Waals surface area (Å²) < 4.78 is 30.5. The van der Waals surface area contributed by atoms with E-state index < -0.39 is 52.1 Å². The molecule has 1 aliphatic heterocycles. The lowest BCUT2D eigenvalue weighted by molar-refractivity contribution is -0.245. The zero-order valence-corrected chi connectivity index (χ0v) is 25.2. The second-order valence-corrected chi connectivity index (χ2v) is 15.1. The molecule has 0 bridgehead atoms. The number of thioether (sulfide) groups is 1. The molecule has 0 aromatic heterocycles. The molecule has 0 aromatic rings. The molecule has 0 spiro atoms. The van der Waals surface area contributed by atoms with Gasteiger partial charge in [0.15, 0.2) is 28.6 Å². The van der Waals surface area contributed by atoms with Crippen molar-refractivity contribution in [2.75, 3.05) is 11.5 Å². The summed E-state index contributed by atoms with van der Waals surface area (Å²) in [4.78, 5) is 38.8. The molecule has 4 N–H and O–H groups in total. The Morgan fingerprint density at radius 2 is 1.95 bits per heavy atom. The van der Waals surface area contributed by atoms with Gasteiger partial charge in [-0.05, 0) is 83.8 Å². The molecule has 1 amide bonds. The van der Waals surface area contributed by atoms with E-state index in [1.807, 2.05) is 6.92 Å². The van der Waals surface area contributed by atoms with Crippen LogP contribution >= 0.6 is 11.8 Å². The fourth-order valence-electron chi connectivity index (χ4n) is 9.13. The average molecular weight is 591 g/mol. The minimum Gasteiger partial charge on any atom is -0.390 e. The van der Waals surface area contributed by atoms with Gasteiger partial charge in [-0.1, -0.05) is 18.6 Å². The standard InChI is InChI=1S/C31H43FN2O6S/c1-27(2)39-25-13-21-20-9-8-17-12-19(35)10-11-28(17,3)30(20,32)23(36)14-29(21,4)31(25,40-27)24(37)16-41-15-22(33)26(38)34-18-6-5-7-18/h10-12,18,20-23,25,36H,5-9,13-16,33H2,1-4H3,(H,34,38)/t20-,21-,22?,23-,25+,28-,29-,30-,31+/m0/s1. The third kappa shape index (κ3) is 4.10. The van der Waals surface area contributed by atoms with E-state index in [9.17, 15) is 19.5 Å². The van der Waals surface area contributed by atoms with E-state index in [0.717, 1.165) is 24.8 Å². The third-order valence-corrected chi connectivity index (χ3v) is 12.4. The maximum atomic E-state index is 17.5. The Labute approximate surface area is 245 Å². The summed E-state index contributed by atoms with van der Waals surface area (Å²) in [6, 6.07) is -0.532. The van der Waals surface area contributed by atoms with Gasteiger partial charge in [0.2, 0.25) is 5.91 Å². The van der Waals surface area contributed by atoms with Crippen LogP contribution in [0.25, 0.3) is 0 Å². The van der Waals surface area contributed by atoms with Gasteiger partial charge in [-0.2, -0.15) is 11.8 Å². The Bertz CT molecular complexity index is 1220. The van der Waals surface area contributed by atoms with Gasteiger partial charge in [0.1, 0.15) is 0 Å². The molecule has 6 aliphatic rings. The van der Waals surface area contributed by atoms with Crippen molar-refractivity contribution in [1.29, 1.82) is 0 Å². The molecule has 9 atom stereocenters. The SMILES string of the molecule is CC1(C)O[C@@H]2C[C@H]3[C@@H]4CCC5=CC(=O)C=C[C@]5(C)[C@@]4(F)[C@@H](O)C[C@]3(C)[C@]2(C(=O)CSCC(N)C(=O)NC2CCC2)O1. The third-order valence-electron chi connectivity index (χ3n) is 11.4. The van der Waals surface area contributed by atoms with Gasteiger partial charge in [0.25, 0.3) is 0 Å². The van der Waals surface area contributed by atoms with E-state index >= 15 is 4.39 Å². The normalized spacial score (nSPS) is 45.0. The monoisotopic (exact) mass is 590 g/mol. The Morgan fingerprint density at radius 3 is 2.63 bits per heavy atom. The van der Waals surface area contributed by atoms with Gasteiger partial charge in [-0.15, -0.1) is 0 Å². The molecule has 5 fully saturated rings. The second kappa shape index (κ2) is 9.71. The molecule has 4 saturated carbocycles. The number of nitrogens with one attached hydrogen (secondary N) is 1. The molecule has 226 valence electrons. The highest BCUT2D eigenvalue weighted by Crippen LogP contribution is 2.72. The van der Waals surface area contributed by atoms with Crippen LogP contribution in [0.3, 0.4) is 0 Å². The highest BCUT2D eigenvalue weighted by Gasteiger charge is 2.79. The van der Waals surface area contributed by atoms with Crippen molar-refractivity contribution < 1.29 is 33.4 Å². The molecule has 0 aromatic carbocycles. The van der Waals surface area contributed by atoms with Crippen LogP contribution in [0.2, 0.25) is 0 Å². The number of aliphatic hydroxyl groups is 1. The molecular formula is C31H43FN2O6S. The molecule has 1 unspecified atom stereocenters. The maximum Gasteiger partial charge on any atom is 0.237 e. The number of hydrogen-bond donors (Lipinski definition) is 3. The molecular weight excluding hydrogens is 547 g/mol. The minimum absolute atomic E-state index is 0.0327. The summed E-state index contributed by atoms with van der Waals surface area (Å²) in [6.07, 6.45) is 7.17. The molecule has 1 saturated heterocycles. The Kier molecular flexibility index (Phi) is 6.98. The summed E-state index contributed by atoms with van der Waals surface area (Å²) in [5.74, 6) is -2.01. The van der Waals surface area contributed by atoms with Crippen molar-refractivity contribution in [2.24, 2.45) is 28.4 Å². The molecule has 1 heterocycles. The molecule has 8 nitrogen and oxygen atoms in total. The first-order valence-electron chi connectivity index (χ1n) is 15.0. The Hall–Kier alpha value is -1.59. The van der Waals surface area contributed by atoms with E-state index in [4.69, 9.17) is 15.2 Å². The van der Waals surface area contributed by atoms with E-state index in [1.165, 1.54) is 23.9 Å². The van der Waals surface area contributed by atoms with Crippen LogP contribution < -0.4 is 11.1 Å². The number of Topliss-reactive ketones (excluding diaryl/α,β-unsaturated/α-hetero) is 1. The highest BCUT2D eigenvalue weighted by atomic mass is 32.2. The van der Waals surface area contributed by atoms with Crippen LogP contribution in [0.1, 0.15) is 72.6 Å². The number of halogens is 1. The number of alkyl halides is 1. The fourth-order valence-corrected chi connectivity index (χ4v) is 10.1. The van der Waals surface area contributed by atoms with Crippen molar-refractivity contribution in [1.82, 2.24) is 5.32 Å². The highest BCUT2D eigenvalue weighted by molar-refractivity contribution is 8.00. The summed E-state index contributed by atoms with van der Waals surface area (Å²) >= 11 is 1.30. The largest absolute Gasteiger partial charge is 0.390 e. The number of allylic oxidation sites excluding steroid dienone is 4. The number of amides is 1. The van der Waals surface area contributed by atoms with E-state index in [2.05, 4.69) is 5.32 Å². The molecule has 5 aliphatic carbocycles. The van der Waals surface area contributed by atoms with Gasteiger partial charge >= 0.3 is 0 Å². The molecule has 6 rings (SSSR count). The molecule has 41 heavy (non-hydrogen) atoms. The smallest absolute Gasteiger partial charge is 0.237 e. The topological polar surface area (TPSA) is 128 Å². The van der Waals surface area contributed by atoms with Gasteiger partial charge in [0.05, 0.1) is 24.0 Å². The van der Waals surface area contributed by atoms with Crippen LogP contribution in [0.4, 0.5) is 4.39 Å². The predicted molar refractivity (Wildman–Crippen MR) is 153 cm³/mol. The number of ketones is 2. The molecule has 10 heteroatoms. The Balaban J connectivity index is 1.26. The first kappa shape index (κ1) is 29.5. The zero-order chi connectivity index (χ0) is 29.6. The minimum atomic E-state index is -1.99. The number of ether oxygens (including phenoxy) is 2.